The van der Waals surface area contributed by atoms with Crippen molar-refractivity contribution in [3.63, 3.8) is 0 Å². The van der Waals surface area contributed by atoms with Gasteiger partial charge in [-0.25, -0.2) is 0 Å². The number of hydrogen-bond acceptors (Lipinski definition) is 4. The number of morpholine rings is 1. The van der Waals surface area contributed by atoms with Gasteiger partial charge in [0.1, 0.15) is 0 Å². The molecular weight excluding hydrogens is 248 g/mol. The largest absolute Gasteiger partial charge is 0.481 e. The zero-order chi connectivity index (χ0) is 13.7. The summed E-state index contributed by atoms with van der Waals surface area (Å²) >= 11 is 0. The maximum Gasteiger partial charge on any atom is 0.308 e. The maximum absolute atomic E-state index is 11.9. The van der Waals surface area contributed by atoms with Crippen molar-refractivity contribution in [1.29, 1.82) is 0 Å². The van der Waals surface area contributed by atoms with Crippen LogP contribution in [0.2, 0.25) is 0 Å². The van der Waals surface area contributed by atoms with E-state index in [1.807, 2.05) is 0 Å². The van der Waals surface area contributed by atoms with Gasteiger partial charge in [-0.3, -0.25) is 9.59 Å². The monoisotopic (exact) mass is 270 g/mol. The lowest BCUT2D eigenvalue weighted by molar-refractivity contribution is -0.144. The molecule has 0 aromatic rings. The topological polar surface area (TPSA) is 87.7 Å². The molecule has 2 aliphatic rings. The van der Waals surface area contributed by atoms with Crippen molar-refractivity contribution in [3.05, 3.63) is 0 Å². The van der Waals surface area contributed by atoms with Gasteiger partial charge in [0.2, 0.25) is 5.91 Å². The standard InChI is InChI=1S/C13H22N2O4/c16-12(7-9-8-14-5-6-19-9)15-11-4-2-1-3-10(11)13(17)18/h9-11,14H,1-8H2,(H,15,16)(H,17,18). The average molecular weight is 270 g/mol. The van der Waals surface area contributed by atoms with Gasteiger partial charge in [-0.1, -0.05) is 12.8 Å². The molecule has 0 bridgehead atoms. The smallest absolute Gasteiger partial charge is 0.308 e. The van der Waals surface area contributed by atoms with Gasteiger partial charge in [0.25, 0.3) is 0 Å². The SMILES string of the molecule is O=C(CC1CNCCO1)NC1CCCCC1C(=O)O. The van der Waals surface area contributed by atoms with Crippen LogP contribution in [0.1, 0.15) is 32.1 Å². The molecule has 108 valence electrons. The summed E-state index contributed by atoms with van der Waals surface area (Å²) in [5.41, 5.74) is 0. The van der Waals surface area contributed by atoms with Crippen LogP contribution in [0.15, 0.2) is 0 Å². The van der Waals surface area contributed by atoms with Gasteiger partial charge >= 0.3 is 5.97 Å². The second-order valence-electron chi connectivity index (χ2n) is 5.30. The van der Waals surface area contributed by atoms with Gasteiger partial charge in [0, 0.05) is 19.1 Å². The second kappa shape index (κ2) is 6.86. The van der Waals surface area contributed by atoms with Crippen LogP contribution < -0.4 is 10.6 Å². The molecule has 19 heavy (non-hydrogen) atoms. The van der Waals surface area contributed by atoms with E-state index in [1.165, 1.54) is 0 Å². The first-order valence-electron chi connectivity index (χ1n) is 7.01. The summed E-state index contributed by atoms with van der Waals surface area (Å²) in [5.74, 6) is -1.35. The van der Waals surface area contributed by atoms with Gasteiger partial charge in [-0.05, 0) is 12.8 Å². The van der Waals surface area contributed by atoms with E-state index in [2.05, 4.69) is 10.6 Å². The highest BCUT2D eigenvalue weighted by Crippen LogP contribution is 2.24. The number of carbonyl (C=O) groups excluding carboxylic acids is 1. The molecule has 1 heterocycles. The Kier molecular flexibility index (Phi) is 5.15. The third-order valence-electron chi connectivity index (χ3n) is 3.85. The number of carboxylic acid groups (broad SMARTS) is 1. The van der Waals surface area contributed by atoms with Gasteiger partial charge in [0.05, 0.1) is 25.0 Å². The van der Waals surface area contributed by atoms with E-state index in [0.717, 1.165) is 25.8 Å². The van der Waals surface area contributed by atoms with Crippen LogP contribution in [0, 0.1) is 5.92 Å². The third kappa shape index (κ3) is 4.18. The first-order valence-corrected chi connectivity index (χ1v) is 7.01. The Morgan fingerprint density at radius 2 is 2.11 bits per heavy atom. The highest BCUT2D eigenvalue weighted by atomic mass is 16.5. The molecule has 0 radical (unpaired) electrons. The van der Waals surface area contributed by atoms with Gasteiger partial charge in [0.15, 0.2) is 0 Å². The molecule has 0 aromatic carbocycles. The Labute approximate surface area is 112 Å². The normalized spacial score (nSPS) is 31.7. The summed E-state index contributed by atoms with van der Waals surface area (Å²) in [4.78, 5) is 23.1. The number of ether oxygens (including phenoxy) is 1. The van der Waals surface area contributed by atoms with Crippen LogP contribution in [-0.2, 0) is 14.3 Å². The van der Waals surface area contributed by atoms with E-state index >= 15 is 0 Å². The first kappa shape index (κ1) is 14.3. The summed E-state index contributed by atoms with van der Waals surface area (Å²) < 4.78 is 5.47. The predicted molar refractivity (Wildman–Crippen MR) is 68.8 cm³/mol. The van der Waals surface area contributed by atoms with E-state index in [1.54, 1.807) is 0 Å². The number of carbonyl (C=O) groups is 2. The van der Waals surface area contributed by atoms with E-state index in [-0.39, 0.29) is 18.1 Å². The van der Waals surface area contributed by atoms with Crippen LogP contribution in [0.5, 0.6) is 0 Å². The molecule has 3 unspecified atom stereocenters. The minimum absolute atomic E-state index is 0.0966. The average Bonchev–Trinajstić information content (AvgIpc) is 2.40. The van der Waals surface area contributed by atoms with E-state index in [9.17, 15) is 9.59 Å². The van der Waals surface area contributed by atoms with E-state index < -0.39 is 11.9 Å². The summed E-state index contributed by atoms with van der Waals surface area (Å²) in [6.07, 6.45) is 3.53. The zero-order valence-corrected chi connectivity index (χ0v) is 11.1. The molecule has 0 aromatic heterocycles. The molecule has 0 spiro atoms. The van der Waals surface area contributed by atoms with Crippen LogP contribution in [0.3, 0.4) is 0 Å². The van der Waals surface area contributed by atoms with Crippen molar-refractivity contribution in [3.8, 4) is 0 Å². The predicted octanol–water partition coefficient (Wildman–Crippen LogP) is 0.125. The van der Waals surface area contributed by atoms with Crippen molar-refractivity contribution < 1.29 is 19.4 Å². The molecule has 1 aliphatic heterocycles. The lowest BCUT2D eigenvalue weighted by Crippen LogP contribution is -2.47. The summed E-state index contributed by atoms with van der Waals surface area (Å²) in [6, 6.07) is -0.227. The number of carboxylic acids is 1. The number of aliphatic carboxylic acids is 1. The van der Waals surface area contributed by atoms with Crippen LogP contribution in [0.4, 0.5) is 0 Å². The Morgan fingerprint density at radius 1 is 1.32 bits per heavy atom. The Balaban J connectivity index is 1.80. The minimum Gasteiger partial charge on any atom is -0.481 e. The molecule has 1 aliphatic carbocycles. The molecule has 3 atom stereocenters. The molecule has 6 nitrogen and oxygen atoms in total. The summed E-state index contributed by atoms with van der Waals surface area (Å²) in [7, 11) is 0. The van der Waals surface area contributed by atoms with Crippen LogP contribution in [0.25, 0.3) is 0 Å². The molecule has 6 heteroatoms. The fourth-order valence-electron chi connectivity index (χ4n) is 2.82. The number of nitrogens with one attached hydrogen (secondary N) is 2. The number of amides is 1. The third-order valence-corrected chi connectivity index (χ3v) is 3.85. The van der Waals surface area contributed by atoms with Crippen molar-refractivity contribution >= 4 is 11.9 Å². The van der Waals surface area contributed by atoms with Crippen molar-refractivity contribution in [2.24, 2.45) is 5.92 Å². The Hall–Kier alpha value is -1.14. The van der Waals surface area contributed by atoms with Gasteiger partial charge in [-0.2, -0.15) is 0 Å². The molecule has 1 amide bonds. The van der Waals surface area contributed by atoms with Gasteiger partial charge < -0.3 is 20.5 Å². The maximum atomic E-state index is 11.9. The van der Waals surface area contributed by atoms with Crippen molar-refractivity contribution in [2.45, 2.75) is 44.2 Å². The van der Waals surface area contributed by atoms with Crippen LogP contribution >= 0.6 is 0 Å². The minimum atomic E-state index is -0.805. The highest BCUT2D eigenvalue weighted by Gasteiger charge is 2.32. The fourth-order valence-corrected chi connectivity index (χ4v) is 2.82. The number of hydrogen-bond donors (Lipinski definition) is 3. The molecule has 2 fully saturated rings. The van der Waals surface area contributed by atoms with E-state index in [0.29, 0.717) is 26.0 Å². The lowest BCUT2D eigenvalue weighted by Gasteiger charge is -2.30. The Morgan fingerprint density at radius 3 is 2.79 bits per heavy atom. The molecule has 3 N–H and O–H groups in total. The fraction of sp³-hybridized carbons (Fsp3) is 0.846. The first-order chi connectivity index (χ1) is 9.16. The number of rotatable bonds is 4. The Bertz CT molecular complexity index is 329. The summed E-state index contributed by atoms with van der Waals surface area (Å²) in [5, 5.41) is 15.2. The molecule has 1 saturated heterocycles. The van der Waals surface area contributed by atoms with Crippen molar-refractivity contribution in [2.75, 3.05) is 19.7 Å². The zero-order valence-electron chi connectivity index (χ0n) is 11.1. The molecule has 1 saturated carbocycles. The molecule has 2 rings (SSSR count). The van der Waals surface area contributed by atoms with Crippen LogP contribution in [-0.4, -0.2) is 48.8 Å². The molecular formula is C13H22N2O4. The second-order valence-corrected chi connectivity index (χ2v) is 5.30. The van der Waals surface area contributed by atoms with Gasteiger partial charge in [-0.15, -0.1) is 0 Å². The van der Waals surface area contributed by atoms with E-state index in [4.69, 9.17) is 9.84 Å². The highest BCUT2D eigenvalue weighted by molar-refractivity contribution is 5.78. The summed E-state index contributed by atoms with van der Waals surface area (Å²) in [6.45, 7) is 2.13. The lowest BCUT2D eigenvalue weighted by atomic mass is 9.84. The quantitative estimate of drug-likeness (QED) is 0.675. The van der Waals surface area contributed by atoms with Crippen molar-refractivity contribution in [1.82, 2.24) is 10.6 Å².